The van der Waals surface area contributed by atoms with Crippen molar-refractivity contribution in [2.24, 2.45) is 0 Å². The first-order chi connectivity index (χ1) is 14.1. The number of fused-ring (bicyclic) bond motifs is 3. The molecule has 1 aliphatic carbocycles. The van der Waals surface area contributed by atoms with Crippen LogP contribution in [0.2, 0.25) is 0 Å². The Morgan fingerprint density at radius 2 is 1.66 bits per heavy atom. The summed E-state index contributed by atoms with van der Waals surface area (Å²) in [4.78, 5) is 12.1. The summed E-state index contributed by atoms with van der Waals surface area (Å²) in [6, 6.07) is 21.4. The molecule has 1 N–H and O–H groups in total. The predicted molar refractivity (Wildman–Crippen MR) is 113 cm³/mol. The summed E-state index contributed by atoms with van der Waals surface area (Å²) in [6.07, 6.45) is 3.11. The van der Waals surface area contributed by atoms with Gasteiger partial charge in [-0.25, -0.2) is 9.18 Å². The summed E-state index contributed by atoms with van der Waals surface area (Å²) < 4.78 is 19.0. The highest BCUT2D eigenvalue weighted by Crippen LogP contribution is 2.44. The van der Waals surface area contributed by atoms with Crippen LogP contribution in [0.4, 0.5) is 9.18 Å². The Hall–Kier alpha value is -3.40. The number of alkyl carbamates (subject to hydrolysis) is 1. The third kappa shape index (κ3) is 3.92. The van der Waals surface area contributed by atoms with Crippen LogP contribution in [0.5, 0.6) is 0 Å². The maximum absolute atomic E-state index is 13.6. The van der Waals surface area contributed by atoms with Crippen LogP contribution in [0.15, 0.2) is 72.8 Å². The van der Waals surface area contributed by atoms with E-state index < -0.39 is 6.09 Å². The smallest absolute Gasteiger partial charge is 0.407 e. The van der Waals surface area contributed by atoms with Crippen molar-refractivity contribution in [1.29, 1.82) is 0 Å². The quantitative estimate of drug-likeness (QED) is 0.611. The molecule has 0 atom stereocenters. The summed E-state index contributed by atoms with van der Waals surface area (Å²) in [5, 5.41) is 2.72. The third-order valence-electron chi connectivity index (χ3n) is 5.31. The molecule has 0 radical (unpaired) electrons. The molecule has 0 spiro atoms. The zero-order valence-electron chi connectivity index (χ0n) is 16.2. The molecule has 0 saturated carbocycles. The van der Waals surface area contributed by atoms with Crippen molar-refractivity contribution in [2.45, 2.75) is 12.8 Å². The van der Waals surface area contributed by atoms with Gasteiger partial charge in [-0.15, -0.1) is 0 Å². The molecule has 4 heteroatoms. The fraction of sp³-hybridized carbons (Fsp3) is 0.160. The van der Waals surface area contributed by atoms with Crippen molar-refractivity contribution in [3.05, 3.63) is 101 Å². The van der Waals surface area contributed by atoms with Gasteiger partial charge in [0.1, 0.15) is 12.4 Å². The summed E-state index contributed by atoms with van der Waals surface area (Å²) in [5.41, 5.74) is 6.14. The van der Waals surface area contributed by atoms with Gasteiger partial charge in [-0.1, -0.05) is 72.8 Å². The van der Waals surface area contributed by atoms with Crippen LogP contribution >= 0.6 is 0 Å². The van der Waals surface area contributed by atoms with Gasteiger partial charge in [-0.2, -0.15) is 0 Å². The van der Waals surface area contributed by atoms with Crippen LogP contribution in [0.3, 0.4) is 0 Å². The molecular weight excluding hydrogens is 365 g/mol. The lowest BCUT2D eigenvalue weighted by Gasteiger charge is -2.14. The SMILES string of the molecule is Cc1c(F)cccc1C=CCNC(=O)OCC1c2ccccc2-c2ccccc21. The van der Waals surface area contributed by atoms with Crippen LogP contribution in [0.25, 0.3) is 17.2 Å². The standard InChI is InChI=1S/C25H22FNO2/c1-17-18(8-6-14-24(17)26)9-7-15-27-25(28)29-16-23-21-12-4-2-10-19(21)20-11-3-5-13-22(20)23/h2-14,23H,15-16H2,1H3,(H,27,28). The zero-order chi connectivity index (χ0) is 20.2. The zero-order valence-corrected chi connectivity index (χ0v) is 16.2. The molecule has 0 heterocycles. The van der Waals surface area contributed by atoms with Crippen molar-refractivity contribution < 1.29 is 13.9 Å². The number of benzene rings is 3. The van der Waals surface area contributed by atoms with E-state index in [1.807, 2.05) is 30.3 Å². The van der Waals surface area contributed by atoms with Crippen LogP contribution in [0, 0.1) is 12.7 Å². The molecule has 0 saturated heterocycles. The second-order valence-electron chi connectivity index (χ2n) is 7.06. The second kappa shape index (κ2) is 8.31. The molecule has 3 nitrogen and oxygen atoms in total. The molecule has 0 aliphatic heterocycles. The number of hydrogen-bond donors (Lipinski definition) is 1. The molecule has 3 aromatic carbocycles. The van der Waals surface area contributed by atoms with Gasteiger partial charge in [-0.3, -0.25) is 0 Å². The lowest BCUT2D eigenvalue weighted by Crippen LogP contribution is -2.26. The molecule has 29 heavy (non-hydrogen) atoms. The third-order valence-corrected chi connectivity index (χ3v) is 5.31. The number of carbonyl (C=O) groups excluding carboxylic acids is 1. The Morgan fingerprint density at radius 1 is 1.00 bits per heavy atom. The van der Waals surface area contributed by atoms with E-state index in [0.717, 1.165) is 5.56 Å². The van der Waals surface area contributed by atoms with E-state index in [9.17, 15) is 9.18 Å². The van der Waals surface area contributed by atoms with Gasteiger partial charge in [0, 0.05) is 12.5 Å². The minimum Gasteiger partial charge on any atom is -0.449 e. The molecule has 146 valence electrons. The van der Waals surface area contributed by atoms with Gasteiger partial charge < -0.3 is 10.1 Å². The molecule has 3 aromatic rings. The molecule has 0 bridgehead atoms. The molecule has 1 aliphatic rings. The van der Waals surface area contributed by atoms with Crippen LogP contribution in [0.1, 0.15) is 28.2 Å². The van der Waals surface area contributed by atoms with Gasteiger partial charge >= 0.3 is 6.09 Å². The normalized spacial score (nSPS) is 12.6. The lowest BCUT2D eigenvalue weighted by atomic mass is 9.98. The molecule has 0 unspecified atom stereocenters. The fourth-order valence-electron chi connectivity index (χ4n) is 3.78. The van der Waals surface area contributed by atoms with E-state index >= 15 is 0 Å². The van der Waals surface area contributed by atoms with Crippen molar-refractivity contribution >= 4 is 12.2 Å². The number of ether oxygens (including phenoxy) is 1. The average molecular weight is 387 g/mol. The molecule has 4 rings (SSSR count). The lowest BCUT2D eigenvalue weighted by molar-refractivity contribution is 0.144. The maximum Gasteiger partial charge on any atom is 0.407 e. The number of nitrogens with one attached hydrogen (secondary N) is 1. The topological polar surface area (TPSA) is 38.3 Å². The van der Waals surface area contributed by atoms with Crippen LogP contribution in [-0.2, 0) is 4.74 Å². The van der Waals surface area contributed by atoms with Crippen molar-refractivity contribution in [2.75, 3.05) is 13.2 Å². The van der Waals surface area contributed by atoms with Gasteiger partial charge in [0.25, 0.3) is 0 Å². The highest BCUT2D eigenvalue weighted by atomic mass is 19.1. The van der Waals surface area contributed by atoms with Gasteiger partial charge in [0.15, 0.2) is 0 Å². The Balaban J connectivity index is 1.34. The average Bonchev–Trinajstić information content (AvgIpc) is 3.06. The monoisotopic (exact) mass is 387 g/mol. The van der Waals surface area contributed by atoms with E-state index in [1.54, 1.807) is 25.1 Å². The van der Waals surface area contributed by atoms with Gasteiger partial charge in [-0.05, 0) is 46.4 Å². The Labute approximate surface area is 169 Å². The fourth-order valence-corrected chi connectivity index (χ4v) is 3.78. The Bertz CT molecular complexity index is 1030. The first kappa shape index (κ1) is 18.9. The van der Waals surface area contributed by atoms with Crippen molar-refractivity contribution in [3.63, 3.8) is 0 Å². The second-order valence-corrected chi connectivity index (χ2v) is 7.06. The van der Waals surface area contributed by atoms with E-state index in [0.29, 0.717) is 12.1 Å². The predicted octanol–water partition coefficient (Wildman–Crippen LogP) is 5.69. The minimum atomic E-state index is -0.465. The minimum absolute atomic E-state index is 0.0404. The first-order valence-corrected chi connectivity index (χ1v) is 9.65. The molecule has 0 aromatic heterocycles. The highest BCUT2D eigenvalue weighted by molar-refractivity contribution is 5.79. The van der Waals surface area contributed by atoms with E-state index in [-0.39, 0.29) is 18.3 Å². The van der Waals surface area contributed by atoms with Gasteiger partial charge in [0.2, 0.25) is 0 Å². The van der Waals surface area contributed by atoms with Crippen LogP contribution in [-0.4, -0.2) is 19.2 Å². The number of hydrogen-bond acceptors (Lipinski definition) is 2. The number of carbonyl (C=O) groups is 1. The van der Waals surface area contributed by atoms with E-state index in [2.05, 4.69) is 29.6 Å². The largest absolute Gasteiger partial charge is 0.449 e. The Kier molecular flexibility index (Phi) is 5.43. The summed E-state index contributed by atoms with van der Waals surface area (Å²) >= 11 is 0. The number of halogens is 1. The molecular formula is C25H22FNO2. The number of amides is 1. The summed E-state index contributed by atoms with van der Waals surface area (Å²) in [5.74, 6) is -0.199. The summed E-state index contributed by atoms with van der Waals surface area (Å²) in [7, 11) is 0. The van der Waals surface area contributed by atoms with E-state index in [4.69, 9.17) is 4.74 Å². The maximum atomic E-state index is 13.6. The number of rotatable bonds is 5. The first-order valence-electron chi connectivity index (χ1n) is 9.65. The van der Waals surface area contributed by atoms with Crippen molar-refractivity contribution in [3.8, 4) is 11.1 Å². The Morgan fingerprint density at radius 3 is 2.34 bits per heavy atom. The van der Waals surface area contributed by atoms with E-state index in [1.165, 1.54) is 28.3 Å². The molecule has 1 amide bonds. The van der Waals surface area contributed by atoms with Crippen molar-refractivity contribution in [1.82, 2.24) is 5.32 Å². The summed E-state index contributed by atoms with van der Waals surface area (Å²) in [6.45, 7) is 2.33. The van der Waals surface area contributed by atoms with Gasteiger partial charge in [0.05, 0.1) is 0 Å². The highest BCUT2D eigenvalue weighted by Gasteiger charge is 2.28. The molecule has 0 fully saturated rings. The van der Waals surface area contributed by atoms with Crippen LogP contribution < -0.4 is 5.32 Å².